The zero-order valence-corrected chi connectivity index (χ0v) is 27.5. The molecule has 4 amide bonds. The molecule has 2 fully saturated rings. The van der Waals surface area contributed by atoms with Gasteiger partial charge in [0, 0.05) is 54.9 Å². The third kappa shape index (κ3) is 7.01. The van der Waals surface area contributed by atoms with Crippen LogP contribution in [0.2, 0.25) is 0 Å². The molecular weight excluding hydrogens is 702 g/mol. The second-order valence-corrected chi connectivity index (χ2v) is 12.2. The zero-order valence-electron chi connectivity index (χ0n) is 25.9. The molecule has 0 atom stereocenters. The number of fused-ring (bicyclic) bond motifs is 2. The average Bonchev–Trinajstić information content (AvgIpc) is 3.95. The minimum atomic E-state index is -0.441. The summed E-state index contributed by atoms with van der Waals surface area (Å²) in [6.07, 6.45) is 11.8. The van der Waals surface area contributed by atoms with E-state index in [9.17, 15) is 18.4 Å². The summed E-state index contributed by atoms with van der Waals surface area (Å²) in [7, 11) is 0. The van der Waals surface area contributed by atoms with Gasteiger partial charge < -0.3 is 20.4 Å². The number of carbonyl (C=O) groups excluding carboxylic acids is 2. The van der Waals surface area contributed by atoms with Gasteiger partial charge in [-0.1, -0.05) is 0 Å². The lowest BCUT2D eigenvalue weighted by Crippen LogP contribution is -2.32. The number of nitrogens with zero attached hydrogens (tertiary/aromatic N) is 10. The SMILES string of the molecule is O=C(Nc1ccc(F)c(-c2cnn3c(Br)cnc3n2)c1)N1CCCC1.O=C(Nc1ccc(F)c(-c2cnn3ccnc3n2)c1)N1CCCC1. The van der Waals surface area contributed by atoms with Crippen molar-refractivity contribution >= 4 is 50.9 Å². The van der Waals surface area contributed by atoms with Gasteiger partial charge in [0.05, 0.1) is 36.2 Å². The molecule has 6 heterocycles. The zero-order chi connectivity index (χ0) is 33.9. The van der Waals surface area contributed by atoms with E-state index in [1.807, 2.05) is 0 Å². The van der Waals surface area contributed by atoms with Gasteiger partial charge in [-0.2, -0.15) is 14.7 Å². The van der Waals surface area contributed by atoms with E-state index in [-0.39, 0.29) is 23.2 Å². The van der Waals surface area contributed by atoms with Crippen LogP contribution in [-0.4, -0.2) is 87.2 Å². The lowest BCUT2D eigenvalue weighted by atomic mass is 10.1. The molecule has 4 aromatic heterocycles. The number of hydrogen-bond acceptors (Lipinski definition) is 8. The van der Waals surface area contributed by atoms with E-state index >= 15 is 0 Å². The van der Waals surface area contributed by atoms with Crippen LogP contribution in [-0.2, 0) is 0 Å². The maximum atomic E-state index is 14.3. The highest BCUT2D eigenvalue weighted by Crippen LogP contribution is 2.27. The molecule has 0 saturated carbocycles. The highest BCUT2D eigenvalue weighted by atomic mass is 79.9. The van der Waals surface area contributed by atoms with Crippen LogP contribution in [0.1, 0.15) is 25.7 Å². The van der Waals surface area contributed by atoms with E-state index in [2.05, 4.69) is 56.7 Å². The Morgan fingerprint density at radius 1 is 0.694 bits per heavy atom. The summed E-state index contributed by atoms with van der Waals surface area (Å²) in [5, 5.41) is 13.9. The first kappa shape index (κ1) is 32.0. The normalized spacial score (nSPS) is 14.3. The lowest BCUT2D eigenvalue weighted by Gasteiger charge is -2.16. The van der Waals surface area contributed by atoms with Crippen LogP contribution < -0.4 is 10.6 Å². The summed E-state index contributed by atoms with van der Waals surface area (Å²) in [5.41, 5.74) is 2.28. The minimum absolute atomic E-state index is 0.167. The summed E-state index contributed by atoms with van der Waals surface area (Å²) in [4.78, 5) is 44.6. The summed E-state index contributed by atoms with van der Waals surface area (Å²) >= 11 is 3.30. The van der Waals surface area contributed by atoms with Crippen molar-refractivity contribution in [2.75, 3.05) is 36.8 Å². The van der Waals surface area contributed by atoms with Crippen LogP contribution in [0.5, 0.6) is 0 Å². The van der Waals surface area contributed by atoms with Crippen molar-refractivity contribution in [1.29, 1.82) is 0 Å². The van der Waals surface area contributed by atoms with Gasteiger partial charge in [0.15, 0.2) is 0 Å². The van der Waals surface area contributed by atoms with Crippen molar-refractivity contribution in [2.45, 2.75) is 25.7 Å². The fourth-order valence-electron chi connectivity index (χ4n) is 5.56. The average molecular weight is 732 g/mol. The Morgan fingerprint density at radius 2 is 1.22 bits per heavy atom. The first-order chi connectivity index (χ1) is 23.8. The van der Waals surface area contributed by atoms with Crippen molar-refractivity contribution in [2.24, 2.45) is 0 Å². The predicted octanol–water partition coefficient (Wildman–Crippen LogP) is 5.88. The Morgan fingerprint density at radius 3 is 1.80 bits per heavy atom. The fraction of sp³-hybridized carbons (Fsp3) is 0.250. The number of rotatable bonds is 4. The molecule has 0 radical (unpaired) electrons. The molecule has 17 heteroatoms. The van der Waals surface area contributed by atoms with E-state index in [0.717, 1.165) is 51.9 Å². The predicted molar refractivity (Wildman–Crippen MR) is 180 cm³/mol. The van der Waals surface area contributed by atoms with Crippen molar-refractivity contribution < 1.29 is 18.4 Å². The maximum absolute atomic E-state index is 14.3. The Hall–Kier alpha value is -5.58. The van der Waals surface area contributed by atoms with Crippen LogP contribution >= 0.6 is 15.9 Å². The molecule has 0 unspecified atom stereocenters. The molecule has 2 aliphatic heterocycles. The first-order valence-corrected chi connectivity index (χ1v) is 16.4. The van der Waals surface area contributed by atoms with Crippen LogP contribution in [0.4, 0.5) is 29.7 Å². The third-order valence-electron chi connectivity index (χ3n) is 8.10. The van der Waals surface area contributed by atoms with Gasteiger partial charge in [-0.05, 0) is 78.0 Å². The number of anilines is 2. The number of hydrogen-bond donors (Lipinski definition) is 2. The smallest absolute Gasteiger partial charge is 0.321 e. The number of benzene rings is 2. The first-order valence-electron chi connectivity index (χ1n) is 15.6. The second kappa shape index (κ2) is 13.9. The fourth-order valence-corrected chi connectivity index (χ4v) is 5.92. The maximum Gasteiger partial charge on any atom is 0.321 e. The quantitative estimate of drug-likeness (QED) is 0.228. The van der Waals surface area contributed by atoms with Gasteiger partial charge in [-0.3, -0.25) is 0 Å². The van der Waals surface area contributed by atoms with Gasteiger partial charge in [0.1, 0.15) is 16.2 Å². The van der Waals surface area contributed by atoms with Crippen molar-refractivity contribution in [3.05, 3.63) is 83.6 Å². The van der Waals surface area contributed by atoms with Gasteiger partial charge in [-0.15, -0.1) is 0 Å². The molecule has 2 aromatic carbocycles. The lowest BCUT2D eigenvalue weighted by molar-refractivity contribution is 0.222. The number of urea groups is 2. The standard InChI is InChI=1S/C16H14BrFN6O.C16H15FN6O/c17-14-9-19-15-22-13(8-20-24(14)15)11-7-10(3-4-12(11)18)21-16(25)23-5-1-2-6-23;17-13-4-3-11(20-16(24)22-6-1-2-7-22)9-12(13)14-10-19-23-8-5-18-15(23)21-14/h3-4,7-9H,1-2,5-6H2,(H,21,25);3-5,8-10H,1-2,6-7H2,(H,20,24). The molecule has 0 aliphatic carbocycles. The summed E-state index contributed by atoms with van der Waals surface area (Å²) in [6.45, 7) is 3.00. The Labute approximate surface area is 286 Å². The van der Waals surface area contributed by atoms with Crippen LogP contribution in [0.25, 0.3) is 34.1 Å². The third-order valence-corrected chi connectivity index (χ3v) is 8.64. The number of halogens is 3. The molecule has 49 heavy (non-hydrogen) atoms. The molecule has 0 bridgehead atoms. The molecule has 0 spiro atoms. The van der Waals surface area contributed by atoms with Crippen LogP contribution in [0, 0.1) is 11.6 Å². The number of nitrogens with one attached hydrogen (secondary N) is 2. The topological polar surface area (TPSA) is 151 Å². The molecule has 14 nitrogen and oxygen atoms in total. The molecule has 2 N–H and O–H groups in total. The molecule has 6 aromatic rings. The van der Waals surface area contributed by atoms with Crippen molar-refractivity contribution in [1.82, 2.24) is 49.0 Å². The second-order valence-electron chi connectivity index (χ2n) is 11.4. The van der Waals surface area contributed by atoms with Gasteiger partial charge in [0.25, 0.3) is 11.6 Å². The summed E-state index contributed by atoms with van der Waals surface area (Å²) in [5.74, 6) is -0.128. The number of likely N-dealkylation sites (tertiary alicyclic amines) is 2. The van der Waals surface area contributed by atoms with E-state index in [0.29, 0.717) is 38.9 Å². The number of imidazole rings is 2. The molecular formula is C32H29BrF2N12O2. The van der Waals surface area contributed by atoms with Gasteiger partial charge in [-0.25, -0.2) is 42.8 Å². The highest BCUT2D eigenvalue weighted by Gasteiger charge is 2.20. The van der Waals surface area contributed by atoms with E-state index in [4.69, 9.17) is 0 Å². The van der Waals surface area contributed by atoms with E-state index in [1.165, 1.54) is 45.7 Å². The van der Waals surface area contributed by atoms with Crippen LogP contribution in [0.3, 0.4) is 0 Å². The number of carbonyl (C=O) groups is 2. The molecule has 8 rings (SSSR count). The summed E-state index contributed by atoms with van der Waals surface area (Å²) in [6, 6.07) is 8.47. The van der Waals surface area contributed by atoms with Gasteiger partial charge >= 0.3 is 12.1 Å². The summed E-state index contributed by atoms with van der Waals surface area (Å²) < 4.78 is 32.1. The largest absolute Gasteiger partial charge is 0.325 e. The Balaban J connectivity index is 0.000000154. The Kier molecular flexibility index (Phi) is 9.06. The number of amides is 4. The van der Waals surface area contributed by atoms with E-state index in [1.54, 1.807) is 40.5 Å². The van der Waals surface area contributed by atoms with Crippen LogP contribution in [0.15, 0.2) is 72.0 Å². The number of aromatic nitrogens is 8. The Bertz CT molecular complexity index is 2160. The van der Waals surface area contributed by atoms with Gasteiger partial charge in [0.2, 0.25) is 0 Å². The molecule has 2 aliphatic rings. The van der Waals surface area contributed by atoms with Crippen molar-refractivity contribution in [3.63, 3.8) is 0 Å². The monoisotopic (exact) mass is 730 g/mol. The van der Waals surface area contributed by atoms with Crippen molar-refractivity contribution in [3.8, 4) is 22.5 Å². The minimum Gasteiger partial charge on any atom is -0.325 e. The molecule has 2 saturated heterocycles. The van der Waals surface area contributed by atoms with E-state index < -0.39 is 11.6 Å². The molecule has 250 valence electrons. The highest BCUT2D eigenvalue weighted by molar-refractivity contribution is 9.10.